The van der Waals surface area contributed by atoms with E-state index in [9.17, 15) is 8.78 Å². The minimum absolute atomic E-state index is 0.0997. The van der Waals surface area contributed by atoms with Crippen LogP contribution in [0.25, 0.3) is 0 Å². The predicted octanol–water partition coefficient (Wildman–Crippen LogP) is 3.91. The third-order valence-electron chi connectivity index (χ3n) is 2.52. The lowest BCUT2D eigenvalue weighted by atomic mass is 10.0. The number of hydrogen-bond donors (Lipinski definition) is 0. The molecule has 1 aromatic rings. The molecule has 0 amide bonds. The Morgan fingerprint density at radius 2 is 2.08 bits per heavy atom. The molecule has 0 N–H and O–H groups in total. The van der Waals surface area contributed by atoms with Gasteiger partial charge in [0, 0.05) is 10.9 Å². The maximum absolute atomic E-state index is 13.3. The molecule has 2 rings (SSSR count). The highest BCUT2D eigenvalue weighted by atomic mass is 79.9. The first-order valence-electron chi connectivity index (χ1n) is 4.22. The van der Waals surface area contributed by atoms with Gasteiger partial charge in [-0.05, 0) is 29.5 Å². The molecule has 0 bridgehead atoms. The molecular formula is C10H9BrF2. The number of rotatable bonds is 0. The molecule has 2 atom stereocenters. The number of hydrogen-bond acceptors (Lipinski definition) is 0. The fourth-order valence-corrected chi connectivity index (χ4v) is 2.88. The minimum Gasteiger partial charge on any atom is -0.207 e. The lowest BCUT2D eigenvalue weighted by Gasteiger charge is -2.05. The second-order valence-corrected chi connectivity index (χ2v) is 4.60. The van der Waals surface area contributed by atoms with Crippen molar-refractivity contribution in [1.29, 1.82) is 0 Å². The van der Waals surface area contributed by atoms with Gasteiger partial charge in [0.25, 0.3) is 0 Å². The Morgan fingerprint density at radius 3 is 2.77 bits per heavy atom. The van der Waals surface area contributed by atoms with E-state index < -0.39 is 11.6 Å². The molecule has 1 aliphatic rings. The molecule has 0 nitrogen and oxygen atoms in total. The standard InChI is InChI=1S/C10H9BrF2/c1-5-2-8(11)7-3-6(12)4-9(13)10(5)7/h3-5,8H,2H2,1H3. The Hall–Kier alpha value is -0.440. The summed E-state index contributed by atoms with van der Waals surface area (Å²) >= 11 is 3.41. The monoisotopic (exact) mass is 246 g/mol. The summed E-state index contributed by atoms with van der Waals surface area (Å²) in [6, 6.07) is 2.38. The highest BCUT2D eigenvalue weighted by molar-refractivity contribution is 9.09. The third kappa shape index (κ3) is 1.39. The van der Waals surface area contributed by atoms with Gasteiger partial charge < -0.3 is 0 Å². The van der Waals surface area contributed by atoms with Crippen LogP contribution in [0.2, 0.25) is 0 Å². The van der Waals surface area contributed by atoms with Crippen molar-refractivity contribution in [1.82, 2.24) is 0 Å². The minimum atomic E-state index is -0.491. The van der Waals surface area contributed by atoms with Gasteiger partial charge in [-0.1, -0.05) is 22.9 Å². The fraction of sp³-hybridized carbons (Fsp3) is 0.400. The van der Waals surface area contributed by atoms with Crippen LogP contribution in [0.1, 0.15) is 35.2 Å². The van der Waals surface area contributed by atoms with Crippen molar-refractivity contribution in [2.75, 3.05) is 0 Å². The van der Waals surface area contributed by atoms with Gasteiger partial charge in [0.05, 0.1) is 0 Å². The summed E-state index contributed by atoms with van der Waals surface area (Å²) in [6.45, 7) is 1.96. The number of benzene rings is 1. The summed E-state index contributed by atoms with van der Waals surface area (Å²) in [4.78, 5) is 0.0997. The van der Waals surface area contributed by atoms with E-state index in [4.69, 9.17) is 0 Å². The summed E-state index contributed by atoms with van der Waals surface area (Å²) in [5.41, 5.74) is 1.44. The Kier molecular flexibility index (Phi) is 2.14. The molecule has 1 aliphatic carbocycles. The molecule has 0 radical (unpaired) electrons. The summed E-state index contributed by atoms with van der Waals surface area (Å²) in [6.07, 6.45) is 0.843. The molecule has 0 heterocycles. The molecule has 0 spiro atoms. The Balaban J connectivity index is 2.63. The van der Waals surface area contributed by atoms with Gasteiger partial charge in [0.15, 0.2) is 0 Å². The first-order chi connectivity index (χ1) is 6.09. The predicted molar refractivity (Wildman–Crippen MR) is 51.1 cm³/mol. The van der Waals surface area contributed by atoms with Crippen LogP contribution in [0.4, 0.5) is 8.78 Å². The molecule has 70 valence electrons. The van der Waals surface area contributed by atoms with E-state index in [0.717, 1.165) is 18.1 Å². The smallest absolute Gasteiger partial charge is 0.129 e. The second-order valence-electron chi connectivity index (χ2n) is 3.49. The van der Waals surface area contributed by atoms with Gasteiger partial charge in [0.2, 0.25) is 0 Å². The molecule has 0 saturated carbocycles. The molecule has 1 aromatic carbocycles. The van der Waals surface area contributed by atoms with Crippen LogP contribution in [0.3, 0.4) is 0 Å². The summed E-state index contributed by atoms with van der Waals surface area (Å²) in [7, 11) is 0. The molecule has 0 fully saturated rings. The molecule has 0 saturated heterocycles. The molecule has 2 unspecified atom stereocenters. The Morgan fingerprint density at radius 1 is 1.38 bits per heavy atom. The van der Waals surface area contributed by atoms with Crippen LogP contribution in [0, 0.1) is 11.6 Å². The van der Waals surface area contributed by atoms with Crippen molar-refractivity contribution in [3.8, 4) is 0 Å². The van der Waals surface area contributed by atoms with Crippen LogP contribution in [-0.4, -0.2) is 0 Å². The number of halogens is 3. The van der Waals surface area contributed by atoms with Crippen molar-refractivity contribution in [3.63, 3.8) is 0 Å². The highest BCUT2D eigenvalue weighted by Gasteiger charge is 2.29. The fourth-order valence-electron chi connectivity index (χ4n) is 1.94. The van der Waals surface area contributed by atoms with Crippen LogP contribution >= 0.6 is 15.9 Å². The van der Waals surface area contributed by atoms with Gasteiger partial charge in [-0.2, -0.15) is 0 Å². The molecule has 3 heteroatoms. The second kappa shape index (κ2) is 3.05. The maximum atomic E-state index is 13.3. The normalized spacial score (nSPS) is 26.2. The molecule has 0 aliphatic heterocycles. The van der Waals surface area contributed by atoms with Crippen molar-refractivity contribution in [3.05, 3.63) is 34.9 Å². The van der Waals surface area contributed by atoms with E-state index in [-0.39, 0.29) is 10.7 Å². The zero-order valence-electron chi connectivity index (χ0n) is 7.15. The third-order valence-corrected chi connectivity index (χ3v) is 3.38. The van der Waals surface area contributed by atoms with Gasteiger partial charge in [0.1, 0.15) is 11.6 Å². The quantitative estimate of drug-likeness (QED) is 0.610. The first-order valence-corrected chi connectivity index (χ1v) is 5.14. The van der Waals surface area contributed by atoms with Crippen molar-refractivity contribution >= 4 is 15.9 Å². The van der Waals surface area contributed by atoms with Gasteiger partial charge >= 0.3 is 0 Å². The first kappa shape index (κ1) is 9.13. The number of fused-ring (bicyclic) bond motifs is 1. The van der Waals surface area contributed by atoms with E-state index in [0.29, 0.717) is 5.56 Å². The summed E-state index contributed by atoms with van der Waals surface area (Å²) < 4.78 is 26.2. The van der Waals surface area contributed by atoms with Crippen molar-refractivity contribution < 1.29 is 8.78 Å². The van der Waals surface area contributed by atoms with Crippen LogP contribution in [-0.2, 0) is 0 Å². The zero-order chi connectivity index (χ0) is 9.59. The highest BCUT2D eigenvalue weighted by Crippen LogP contribution is 2.46. The molecule has 13 heavy (non-hydrogen) atoms. The van der Waals surface area contributed by atoms with E-state index in [1.165, 1.54) is 6.07 Å². The average molecular weight is 247 g/mol. The Labute approximate surface area is 84.1 Å². The molecule has 0 aromatic heterocycles. The summed E-state index contributed by atoms with van der Waals surface area (Å²) in [5.74, 6) is -0.723. The average Bonchev–Trinajstić information content (AvgIpc) is 2.27. The van der Waals surface area contributed by atoms with Gasteiger partial charge in [-0.25, -0.2) is 8.78 Å². The van der Waals surface area contributed by atoms with Crippen LogP contribution in [0.15, 0.2) is 12.1 Å². The van der Waals surface area contributed by atoms with Gasteiger partial charge in [-0.15, -0.1) is 0 Å². The largest absolute Gasteiger partial charge is 0.207 e. The number of alkyl halides is 1. The van der Waals surface area contributed by atoms with E-state index in [1.54, 1.807) is 0 Å². The van der Waals surface area contributed by atoms with Crippen molar-refractivity contribution in [2.24, 2.45) is 0 Å². The zero-order valence-corrected chi connectivity index (χ0v) is 8.74. The van der Waals surface area contributed by atoms with E-state index >= 15 is 0 Å². The topological polar surface area (TPSA) is 0 Å². The van der Waals surface area contributed by atoms with Crippen LogP contribution in [0.5, 0.6) is 0 Å². The SMILES string of the molecule is CC1CC(Br)c2cc(F)cc(F)c21. The van der Waals surface area contributed by atoms with Crippen molar-refractivity contribution in [2.45, 2.75) is 24.1 Å². The molecular weight excluding hydrogens is 238 g/mol. The lowest BCUT2D eigenvalue weighted by molar-refractivity contribution is 0.566. The van der Waals surface area contributed by atoms with E-state index in [2.05, 4.69) is 15.9 Å². The maximum Gasteiger partial charge on any atom is 0.129 e. The lowest BCUT2D eigenvalue weighted by Crippen LogP contribution is -1.93. The van der Waals surface area contributed by atoms with Crippen LogP contribution < -0.4 is 0 Å². The summed E-state index contributed by atoms with van der Waals surface area (Å²) in [5, 5.41) is 0. The van der Waals surface area contributed by atoms with E-state index in [1.807, 2.05) is 6.92 Å². The van der Waals surface area contributed by atoms with Gasteiger partial charge in [-0.3, -0.25) is 0 Å². The Bertz CT molecular complexity index is 349.